The van der Waals surface area contributed by atoms with E-state index in [2.05, 4.69) is 261 Å². The lowest BCUT2D eigenvalue weighted by atomic mass is 9.74. The first-order valence-electron chi connectivity index (χ1n) is 38.5. The van der Waals surface area contributed by atoms with Crippen molar-refractivity contribution in [1.82, 2.24) is 0 Å². The SMILES string of the molecule is C1=CC2C(C3=CCCCC3)=CC=C(Cc3ccc(C4CCCCC4)cc3)C2=C1.CCc1cccc(C2=CC=C(Cc3ccc(C4CCC(CCC(C)C)CC4)cc3)C3=CC=CC32)c1.Cc1ccc(C2=CC=C(Cc3ccc(C4CCC(C(C)C)CC4)cc3)C3=CC=CC32)cc1C. The molecule has 3 fully saturated rings. The van der Waals surface area contributed by atoms with Gasteiger partial charge in [0.1, 0.15) is 0 Å². The molecule has 0 saturated heterocycles. The summed E-state index contributed by atoms with van der Waals surface area (Å²) in [6.45, 7) is 16.1. The van der Waals surface area contributed by atoms with E-state index in [0.717, 1.165) is 67.1 Å². The Hall–Kier alpha value is -7.28. The van der Waals surface area contributed by atoms with Crippen LogP contribution in [0, 0.1) is 55.3 Å². The van der Waals surface area contributed by atoms with Crippen LogP contribution in [0.3, 0.4) is 0 Å². The predicted molar refractivity (Wildman–Crippen MR) is 413 cm³/mol. The van der Waals surface area contributed by atoms with Gasteiger partial charge in [-0.05, 0) is 288 Å². The summed E-state index contributed by atoms with van der Waals surface area (Å²) in [4.78, 5) is 0. The smallest absolute Gasteiger partial charge is 0.0281 e. The fourth-order valence-electron chi connectivity index (χ4n) is 18.0. The molecule has 3 unspecified atom stereocenters. The van der Waals surface area contributed by atoms with E-state index in [-0.39, 0.29) is 0 Å². The second kappa shape index (κ2) is 31.9. The second-order valence-corrected chi connectivity index (χ2v) is 31.4. The molecule has 0 amide bonds. The lowest BCUT2D eigenvalue weighted by Crippen LogP contribution is -2.17. The zero-order chi connectivity index (χ0) is 65.9. The van der Waals surface area contributed by atoms with Crippen LogP contribution in [-0.4, -0.2) is 0 Å². The Balaban J connectivity index is 0.000000131. The number of rotatable bonds is 17. The van der Waals surface area contributed by atoms with Gasteiger partial charge in [-0.25, -0.2) is 0 Å². The minimum absolute atomic E-state index is 0.391. The first kappa shape index (κ1) is 67.3. The highest BCUT2D eigenvalue weighted by Crippen LogP contribution is 2.47. The van der Waals surface area contributed by atoms with E-state index in [4.69, 9.17) is 0 Å². The van der Waals surface area contributed by atoms with Gasteiger partial charge in [-0.1, -0.05) is 279 Å². The normalized spacial score (nSPS) is 24.3. The van der Waals surface area contributed by atoms with E-state index in [1.54, 1.807) is 27.8 Å². The molecule has 5 aromatic rings. The minimum Gasteiger partial charge on any atom is -0.0810 e. The minimum atomic E-state index is 0.391. The quantitative estimate of drug-likeness (QED) is 0.0870. The van der Waals surface area contributed by atoms with Crippen LogP contribution in [0.15, 0.2) is 257 Å². The number of hydrogen-bond donors (Lipinski definition) is 0. The lowest BCUT2D eigenvalue weighted by molar-refractivity contribution is 0.259. The van der Waals surface area contributed by atoms with Crippen molar-refractivity contribution in [3.8, 4) is 0 Å². The van der Waals surface area contributed by atoms with Crippen LogP contribution in [0.2, 0.25) is 0 Å². The molecular formula is C96H112. The molecular weight excluding hydrogens is 1150 g/mol. The summed E-state index contributed by atoms with van der Waals surface area (Å²) < 4.78 is 0. The van der Waals surface area contributed by atoms with E-state index >= 15 is 0 Å². The molecule has 0 aliphatic heterocycles. The number of aryl methyl sites for hydroxylation is 3. The van der Waals surface area contributed by atoms with Crippen LogP contribution in [0.1, 0.15) is 236 Å². The summed E-state index contributed by atoms with van der Waals surface area (Å²) in [6, 6.07) is 44.7. The van der Waals surface area contributed by atoms with Crippen LogP contribution in [0.5, 0.6) is 0 Å². The summed E-state index contributed by atoms with van der Waals surface area (Å²) in [6.07, 6.45) is 68.0. The van der Waals surface area contributed by atoms with Crippen molar-refractivity contribution in [1.29, 1.82) is 0 Å². The molecule has 3 atom stereocenters. The van der Waals surface area contributed by atoms with Gasteiger partial charge in [0.05, 0.1) is 0 Å². The Morgan fingerprint density at radius 1 is 0.396 bits per heavy atom. The molecule has 10 aliphatic rings. The van der Waals surface area contributed by atoms with Gasteiger partial charge in [0.25, 0.3) is 0 Å². The van der Waals surface area contributed by atoms with Crippen LogP contribution in [0.4, 0.5) is 0 Å². The molecule has 0 spiro atoms. The Morgan fingerprint density at radius 2 is 0.875 bits per heavy atom. The summed E-state index contributed by atoms with van der Waals surface area (Å²) >= 11 is 0. The third kappa shape index (κ3) is 16.3. The van der Waals surface area contributed by atoms with Crippen molar-refractivity contribution >= 4 is 11.1 Å². The van der Waals surface area contributed by atoms with Crippen molar-refractivity contribution in [3.05, 3.63) is 318 Å². The Kier molecular flexibility index (Phi) is 22.4. The van der Waals surface area contributed by atoms with E-state index in [0.29, 0.717) is 17.8 Å². The van der Waals surface area contributed by atoms with Gasteiger partial charge in [-0.3, -0.25) is 0 Å². The third-order valence-corrected chi connectivity index (χ3v) is 24.3. The summed E-state index contributed by atoms with van der Waals surface area (Å²) in [5, 5.41) is 0. The fraction of sp³-hybridized carbons (Fsp3) is 0.417. The molecule has 0 N–H and O–H groups in total. The zero-order valence-corrected chi connectivity index (χ0v) is 59.7. The molecule has 0 nitrogen and oxygen atoms in total. The molecule has 96 heavy (non-hydrogen) atoms. The maximum Gasteiger partial charge on any atom is 0.0281 e. The lowest BCUT2D eigenvalue weighted by Gasteiger charge is -2.31. The Morgan fingerprint density at radius 3 is 1.34 bits per heavy atom. The van der Waals surface area contributed by atoms with Gasteiger partial charge in [0, 0.05) is 17.8 Å². The van der Waals surface area contributed by atoms with Crippen LogP contribution in [-0.2, 0) is 25.7 Å². The predicted octanol–water partition coefficient (Wildman–Crippen LogP) is 26.3. The molecule has 0 heterocycles. The highest BCUT2D eigenvalue weighted by atomic mass is 14.4. The van der Waals surface area contributed by atoms with Gasteiger partial charge in [-0.2, -0.15) is 0 Å². The molecule has 0 heteroatoms. The van der Waals surface area contributed by atoms with Crippen molar-refractivity contribution in [2.75, 3.05) is 0 Å². The number of hydrogen-bond acceptors (Lipinski definition) is 0. The zero-order valence-electron chi connectivity index (χ0n) is 59.7. The highest BCUT2D eigenvalue weighted by molar-refractivity contribution is 5.80. The monoisotopic (exact) mass is 1260 g/mol. The van der Waals surface area contributed by atoms with Crippen molar-refractivity contribution < 1.29 is 0 Å². The highest BCUT2D eigenvalue weighted by Gasteiger charge is 2.31. The number of benzene rings is 5. The number of allylic oxidation sites excluding steroid dienone is 26. The molecule has 0 radical (unpaired) electrons. The van der Waals surface area contributed by atoms with Crippen LogP contribution >= 0.6 is 0 Å². The van der Waals surface area contributed by atoms with Gasteiger partial charge >= 0.3 is 0 Å². The van der Waals surface area contributed by atoms with Gasteiger partial charge in [0.2, 0.25) is 0 Å². The molecule has 5 aromatic carbocycles. The van der Waals surface area contributed by atoms with E-state index in [1.165, 1.54) is 211 Å². The molecule has 496 valence electrons. The van der Waals surface area contributed by atoms with E-state index in [9.17, 15) is 0 Å². The van der Waals surface area contributed by atoms with Crippen LogP contribution < -0.4 is 0 Å². The van der Waals surface area contributed by atoms with Gasteiger partial charge in [0.15, 0.2) is 0 Å². The molecule has 15 rings (SSSR count). The van der Waals surface area contributed by atoms with E-state index in [1.807, 2.05) is 0 Å². The maximum atomic E-state index is 2.49. The standard InChI is InChI=1S/C35H42.C33H38.C28H32/c1-4-26-7-5-8-31(23-26)34-22-21-32(33-9-6-10-35(33)34)24-28-15-19-30(20-16-28)29-17-13-27(14-18-29)12-11-25(2)3;1-22(2)26-14-16-28(17-15-26)27-12-9-25(10-13-27)21-30-18-19-32(33-7-5-6-31(30)33)29-11-8-23(3)24(4)20-29;1-3-8-22(9-4-1)23-16-14-21(15-17-23)20-25-18-19-27(24-10-5-2-6-11-24)28-13-7-12-26(25)28/h5-10,15-16,19-23,25,27,29,35H,4,11-14,17-18,24H2,1-3H3;5-13,18-20,22,26,28,33H,14-17,21H2,1-4H3;7,10,12-19,22,28H,1-6,8-9,11,20H2. The molecule has 3 saturated carbocycles. The van der Waals surface area contributed by atoms with Gasteiger partial charge in [-0.15, -0.1) is 0 Å². The Bertz CT molecular complexity index is 3930. The first-order chi connectivity index (χ1) is 47.0. The van der Waals surface area contributed by atoms with E-state index < -0.39 is 0 Å². The largest absolute Gasteiger partial charge is 0.0810 e. The molecule has 0 aromatic heterocycles. The molecule has 10 aliphatic carbocycles. The first-order valence-corrected chi connectivity index (χ1v) is 38.5. The average Bonchev–Trinajstić information content (AvgIpc) is 1.56. The van der Waals surface area contributed by atoms with Gasteiger partial charge < -0.3 is 0 Å². The second-order valence-electron chi connectivity index (χ2n) is 31.4. The van der Waals surface area contributed by atoms with Crippen molar-refractivity contribution in [2.24, 2.45) is 41.4 Å². The topological polar surface area (TPSA) is 0 Å². The maximum absolute atomic E-state index is 2.49. The van der Waals surface area contributed by atoms with Crippen LogP contribution in [0.25, 0.3) is 11.1 Å². The summed E-state index contributed by atoms with van der Waals surface area (Å²) in [7, 11) is 0. The number of fused-ring (bicyclic) bond motifs is 3. The van der Waals surface area contributed by atoms with Crippen molar-refractivity contribution in [2.45, 2.75) is 214 Å². The van der Waals surface area contributed by atoms with Crippen molar-refractivity contribution in [3.63, 3.8) is 0 Å². The summed E-state index contributed by atoms with van der Waals surface area (Å²) in [5.74, 6) is 7.19. The third-order valence-electron chi connectivity index (χ3n) is 24.3. The average molecular weight is 1270 g/mol. The Labute approximate surface area is 581 Å². The fourth-order valence-corrected chi connectivity index (χ4v) is 18.0. The summed E-state index contributed by atoms with van der Waals surface area (Å²) in [5.41, 5.74) is 30.8. The molecule has 0 bridgehead atoms.